The molecule has 1 saturated heterocycles. The van der Waals surface area contributed by atoms with Gasteiger partial charge in [0.1, 0.15) is 11.6 Å². The van der Waals surface area contributed by atoms with Crippen LogP contribution in [-0.2, 0) is 10.0 Å². The van der Waals surface area contributed by atoms with E-state index in [0.29, 0.717) is 36.2 Å². The highest BCUT2D eigenvalue weighted by Crippen LogP contribution is 2.24. The molecule has 1 heterocycles. The number of likely N-dealkylation sites (N-methyl/N-ethyl adjacent to an activating group) is 1. The zero-order valence-corrected chi connectivity index (χ0v) is 17.8. The van der Waals surface area contributed by atoms with Crippen LogP contribution >= 0.6 is 0 Å². The highest BCUT2D eigenvalue weighted by atomic mass is 32.2. The fourth-order valence-electron chi connectivity index (χ4n) is 3.51. The Morgan fingerprint density at radius 3 is 2.37 bits per heavy atom. The Hall–Kier alpha value is -2.52. The molecule has 162 valence electrons. The van der Waals surface area contributed by atoms with Gasteiger partial charge in [-0.05, 0) is 48.2 Å². The SMILES string of the molecule is CCCS(=O)(=O)N1CC[C@H](N(C)C(=O)Nc2ccc(-c3cc(F)cc(F)c3)cc2)C1. The van der Waals surface area contributed by atoms with Crippen LogP contribution in [0.25, 0.3) is 11.1 Å². The summed E-state index contributed by atoms with van der Waals surface area (Å²) in [7, 11) is -1.64. The zero-order chi connectivity index (χ0) is 21.9. The standard InChI is InChI=1S/C21H25F2N3O3S/c1-3-10-30(28,29)26-9-8-20(14-26)25(2)21(27)24-19-6-4-15(5-7-19)16-11-17(22)13-18(23)12-16/h4-7,11-13,20H,3,8-10,14H2,1-2H3,(H,24,27)/t20-/m0/s1. The Labute approximate surface area is 175 Å². The van der Waals surface area contributed by atoms with Crippen molar-refractivity contribution in [2.24, 2.45) is 0 Å². The number of hydrogen-bond donors (Lipinski definition) is 1. The lowest BCUT2D eigenvalue weighted by Gasteiger charge is -2.25. The van der Waals surface area contributed by atoms with Crippen molar-refractivity contribution >= 4 is 21.7 Å². The quantitative estimate of drug-likeness (QED) is 0.745. The van der Waals surface area contributed by atoms with Crippen molar-refractivity contribution in [1.82, 2.24) is 9.21 Å². The minimum atomic E-state index is -3.28. The second kappa shape index (κ2) is 9.09. The number of benzene rings is 2. The minimum absolute atomic E-state index is 0.108. The molecule has 1 aliphatic heterocycles. The Bertz CT molecular complexity index is 992. The van der Waals surface area contributed by atoms with Gasteiger partial charge in [-0.15, -0.1) is 0 Å². The molecule has 0 spiro atoms. The maximum Gasteiger partial charge on any atom is 0.321 e. The third-order valence-corrected chi connectivity index (χ3v) is 7.22. The molecule has 0 unspecified atom stereocenters. The minimum Gasteiger partial charge on any atom is -0.323 e. The van der Waals surface area contributed by atoms with E-state index in [-0.39, 0.29) is 24.4 Å². The number of halogens is 2. The average molecular weight is 438 g/mol. The third-order valence-electron chi connectivity index (χ3n) is 5.18. The molecule has 3 rings (SSSR count). The Morgan fingerprint density at radius 1 is 1.13 bits per heavy atom. The van der Waals surface area contributed by atoms with Crippen LogP contribution in [0.5, 0.6) is 0 Å². The van der Waals surface area contributed by atoms with Crippen molar-refractivity contribution < 1.29 is 22.0 Å². The highest BCUT2D eigenvalue weighted by Gasteiger charge is 2.34. The zero-order valence-electron chi connectivity index (χ0n) is 16.9. The Kier molecular flexibility index (Phi) is 6.72. The molecule has 1 N–H and O–H groups in total. The van der Waals surface area contributed by atoms with Gasteiger partial charge in [0.25, 0.3) is 0 Å². The highest BCUT2D eigenvalue weighted by molar-refractivity contribution is 7.89. The van der Waals surface area contributed by atoms with Gasteiger partial charge < -0.3 is 10.2 Å². The lowest BCUT2D eigenvalue weighted by atomic mass is 10.1. The summed E-state index contributed by atoms with van der Waals surface area (Å²) in [5.74, 6) is -1.21. The topological polar surface area (TPSA) is 69.7 Å². The fourth-order valence-corrected chi connectivity index (χ4v) is 5.07. The van der Waals surface area contributed by atoms with Crippen molar-refractivity contribution in [1.29, 1.82) is 0 Å². The molecule has 0 aromatic heterocycles. The van der Waals surface area contributed by atoms with Gasteiger partial charge in [0.2, 0.25) is 10.0 Å². The van der Waals surface area contributed by atoms with E-state index >= 15 is 0 Å². The number of carbonyl (C=O) groups is 1. The molecule has 2 aromatic carbocycles. The van der Waals surface area contributed by atoms with Crippen LogP contribution in [0.1, 0.15) is 19.8 Å². The molecular weight excluding hydrogens is 412 g/mol. The van der Waals surface area contributed by atoms with E-state index in [4.69, 9.17) is 0 Å². The summed E-state index contributed by atoms with van der Waals surface area (Å²) in [4.78, 5) is 14.1. The van der Waals surface area contributed by atoms with Crippen molar-refractivity contribution in [3.63, 3.8) is 0 Å². The van der Waals surface area contributed by atoms with Crippen LogP contribution < -0.4 is 5.32 Å². The van der Waals surface area contributed by atoms with Gasteiger partial charge in [-0.2, -0.15) is 4.31 Å². The van der Waals surface area contributed by atoms with Crippen LogP contribution in [0, 0.1) is 11.6 Å². The Morgan fingerprint density at radius 2 is 1.77 bits per heavy atom. The number of rotatable bonds is 6. The number of nitrogens with one attached hydrogen (secondary N) is 1. The molecule has 9 heteroatoms. The smallest absolute Gasteiger partial charge is 0.321 e. The van der Waals surface area contributed by atoms with Crippen molar-refractivity contribution in [2.75, 3.05) is 31.2 Å². The fraction of sp³-hybridized carbons (Fsp3) is 0.381. The van der Waals surface area contributed by atoms with Crippen molar-refractivity contribution in [3.05, 3.63) is 54.1 Å². The van der Waals surface area contributed by atoms with E-state index < -0.39 is 21.7 Å². The predicted octanol–water partition coefficient (Wildman–Crippen LogP) is 3.91. The number of hydrogen-bond acceptors (Lipinski definition) is 3. The Balaban J connectivity index is 1.62. The molecule has 30 heavy (non-hydrogen) atoms. The van der Waals surface area contributed by atoms with Crippen LogP contribution in [0.15, 0.2) is 42.5 Å². The molecular formula is C21H25F2N3O3S. The third kappa shape index (κ3) is 5.14. The van der Waals surface area contributed by atoms with Crippen LogP contribution in [0.2, 0.25) is 0 Å². The predicted molar refractivity (Wildman–Crippen MR) is 113 cm³/mol. The molecule has 0 radical (unpaired) electrons. The molecule has 2 amide bonds. The van der Waals surface area contributed by atoms with Gasteiger partial charge in [-0.25, -0.2) is 22.0 Å². The van der Waals surface area contributed by atoms with E-state index in [1.54, 1.807) is 31.3 Å². The molecule has 1 fully saturated rings. The second-order valence-corrected chi connectivity index (χ2v) is 9.48. The molecule has 0 saturated carbocycles. The second-order valence-electron chi connectivity index (χ2n) is 7.39. The lowest BCUT2D eigenvalue weighted by Crippen LogP contribution is -2.42. The summed E-state index contributed by atoms with van der Waals surface area (Å²) in [6.07, 6.45) is 1.13. The molecule has 0 aliphatic carbocycles. The first-order chi connectivity index (χ1) is 14.2. The number of carbonyl (C=O) groups excluding carboxylic acids is 1. The first-order valence-electron chi connectivity index (χ1n) is 9.78. The first-order valence-corrected chi connectivity index (χ1v) is 11.4. The van der Waals surface area contributed by atoms with Gasteiger partial charge in [0, 0.05) is 37.9 Å². The van der Waals surface area contributed by atoms with E-state index in [9.17, 15) is 22.0 Å². The number of anilines is 1. The van der Waals surface area contributed by atoms with Gasteiger partial charge in [-0.3, -0.25) is 0 Å². The largest absolute Gasteiger partial charge is 0.323 e. The summed E-state index contributed by atoms with van der Waals surface area (Å²) in [6.45, 7) is 2.51. The maximum absolute atomic E-state index is 13.4. The monoisotopic (exact) mass is 437 g/mol. The van der Waals surface area contributed by atoms with Gasteiger partial charge in [0.05, 0.1) is 5.75 Å². The lowest BCUT2D eigenvalue weighted by molar-refractivity contribution is 0.206. The number of sulfonamides is 1. The van der Waals surface area contributed by atoms with Gasteiger partial charge in [0.15, 0.2) is 0 Å². The normalized spacial score (nSPS) is 17.1. The van der Waals surface area contributed by atoms with Crippen molar-refractivity contribution in [3.8, 4) is 11.1 Å². The molecule has 6 nitrogen and oxygen atoms in total. The number of urea groups is 1. The average Bonchev–Trinajstić information content (AvgIpc) is 3.18. The summed E-state index contributed by atoms with van der Waals surface area (Å²) < 4.78 is 52.7. The molecule has 1 atom stereocenters. The molecule has 1 aliphatic rings. The summed E-state index contributed by atoms with van der Waals surface area (Å²) in [5, 5.41) is 2.77. The summed E-state index contributed by atoms with van der Waals surface area (Å²) in [6, 6.07) is 9.37. The first kappa shape index (κ1) is 22.2. The van der Waals surface area contributed by atoms with E-state index in [1.165, 1.54) is 21.3 Å². The summed E-state index contributed by atoms with van der Waals surface area (Å²) in [5.41, 5.74) is 1.55. The van der Waals surface area contributed by atoms with E-state index in [0.717, 1.165) is 6.07 Å². The van der Waals surface area contributed by atoms with E-state index in [2.05, 4.69) is 5.32 Å². The van der Waals surface area contributed by atoms with E-state index in [1.807, 2.05) is 6.92 Å². The molecule has 2 aromatic rings. The summed E-state index contributed by atoms with van der Waals surface area (Å²) >= 11 is 0. The van der Waals surface area contributed by atoms with Crippen LogP contribution in [0.3, 0.4) is 0 Å². The number of amides is 2. The number of nitrogens with zero attached hydrogens (tertiary/aromatic N) is 2. The van der Waals surface area contributed by atoms with Gasteiger partial charge in [-0.1, -0.05) is 19.1 Å². The molecule has 0 bridgehead atoms. The van der Waals surface area contributed by atoms with Crippen molar-refractivity contribution in [2.45, 2.75) is 25.8 Å². The van der Waals surface area contributed by atoms with Gasteiger partial charge >= 0.3 is 6.03 Å². The maximum atomic E-state index is 13.4. The van der Waals surface area contributed by atoms with Crippen LogP contribution in [0.4, 0.5) is 19.3 Å². The van der Waals surface area contributed by atoms with Crippen LogP contribution in [-0.4, -0.2) is 55.6 Å².